The van der Waals surface area contributed by atoms with Gasteiger partial charge in [-0.15, -0.1) is 0 Å². The highest BCUT2D eigenvalue weighted by molar-refractivity contribution is 5.26. The van der Waals surface area contributed by atoms with Crippen molar-refractivity contribution in [2.24, 2.45) is 11.8 Å². The van der Waals surface area contributed by atoms with Crippen LogP contribution >= 0.6 is 0 Å². The SMILES string of the molecule is CCc1cccc([C@H](CC)[C@@H](C)CC(C)C)c1. The lowest BCUT2D eigenvalue weighted by Gasteiger charge is -2.25. The molecule has 2 atom stereocenters. The van der Waals surface area contributed by atoms with E-state index >= 15 is 0 Å². The average molecular weight is 232 g/mol. The maximum absolute atomic E-state index is 2.41. The summed E-state index contributed by atoms with van der Waals surface area (Å²) in [5, 5.41) is 0. The molecule has 1 aromatic carbocycles. The Bertz CT molecular complexity index is 325. The Morgan fingerprint density at radius 2 is 1.76 bits per heavy atom. The molecule has 0 aliphatic rings. The quantitative estimate of drug-likeness (QED) is 0.614. The topological polar surface area (TPSA) is 0 Å². The van der Waals surface area contributed by atoms with Crippen LogP contribution in [0.4, 0.5) is 0 Å². The molecule has 1 rings (SSSR count). The van der Waals surface area contributed by atoms with Crippen LogP contribution < -0.4 is 0 Å². The molecule has 0 heterocycles. The van der Waals surface area contributed by atoms with Crippen molar-refractivity contribution in [3.8, 4) is 0 Å². The molecule has 0 saturated heterocycles. The summed E-state index contributed by atoms with van der Waals surface area (Å²) in [4.78, 5) is 0. The van der Waals surface area contributed by atoms with E-state index in [9.17, 15) is 0 Å². The van der Waals surface area contributed by atoms with E-state index < -0.39 is 0 Å². The van der Waals surface area contributed by atoms with Gasteiger partial charge in [0.1, 0.15) is 0 Å². The lowest BCUT2D eigenvalue weighted by molar-refractivity contribution is 0.366. The standard InChI is InChI=1S/C17H28/c1-6-15-9-8-10-16(12-15)17(7-2)14(5)11-13(3)4/h8-10,12-14,17H,6-7,11H2,1-5H3/t14-,17+/m0/s1. The van der Waals surface area contributed by atoms with E-state index in [1.165, 1.54) is 18.4 Å². The van der Waals surface area contributed by atoms with E-state index in [1.54, 1.807) is 5.56 Å². The summed E-state index contributed by atoms with van der Waals surface area (Å²) in [6.45, 7) is 11.6. The minimum atomic E-state index is 0.726. The number of benzene rings is 1. The van der Waals surface area contributed by atoms with Crippen LogP contribution in [0.5, 0.6) is 0 Å². The van der Waals surface area contributed by atoms with Crippen LogP contribution in [0.2, 0.25) is 0 Å². The molecular formula is C17H28. The fraction of sp³-hybridized carbons (Fsp3) is 0.647. The molecule has 0 bridgehead atoms. The van der Waals surface area contributed by atoms with Gasteiger partial charge in [-0.25, -0.2) is 0 Å². The molecule has 0 amide bonds. The Labute approximate surface area is 107 Å². The molecule has 0 saturated carbocycles. The Balaban J connectivity index is 2.84. The highest BCUT2D eigenvalue weighted by atomic mass is 14.2. The molecule has 0 nitrogen and oxygen atoms in total. The van der Waals surface area contributed by atoms with Gasteiger partial charge in [0.2, 0.25) is 0 Å². The molecular weight excluding hydrogens is 204 g/mol. The smallest absolute Gasteiger partial charge is 0.0139 e. The third-order valence-corrected chi connectivity index (χ3v) is 3.76. The van der Waals surface area contributed by atoms with E-state index in [4.69, 9.17) is 0 Å². The monoisotopic (exact) mass is 232 g/mol. The molecule has 0 radical (unpaired) electrons. The van der Waals surface area contributed by atoms with Gasteiger partial charge in [0.05, 0.1) is 0 Å². The molecule has 17 heavy (non-hydrogen) atoms. The van der Waals surface area contributed by atoms with Gasteiger partial charge in [-0.3, -0.25) is 0 Å². The van der Waals surface area contributed by atoms with E-state index in [-0.39, 0.29) is 0 Å². The second-order valence-electron chi connectivity index (χ2n) is 5.72. The van der Waals surface area contributed by atoms with Crippen molar-refractivity contribution in [1.29, 1.82) is 0 Å². The van der Waals surface area contributed by atoms with Crippen LogP contribution in [-0.4, -0.2) is 0 Å². The van der Waals surface area contributed by atoms with Gasteiger partial charge in [-0.2, -0.15) is 0 Å². The fourth-order valence-corrected chi connectivity index (χ4v) is 2.92. The van der Waals surface area contributed by atoms with Gasteiger partial charge in [0, 0.05) is 0 Å². The average Bonchev–Trinajstić information content (AvgIpc) is 2.29. The van der Waals surface area contributed by atoms with Crippen LogP contribution in [0.25, 0.3) is 0 Å². The minimum absolute atomic E-state index is 0.726. The summed E-state index contributed by atoms with van der Waals surface area (Å²) in [6, 6.07) is 9.18. The lowest BCUT2D eigenvalue weighted by Crippen LogP contribution is -2.11. The van der Waals surface area contributed by atoms with Gasteiger partial charge >= 0.3 is 0 Å². The van der Waals surface area contributed by atoms with Gasteiger partial charge in [-0.05, 0) is 48.1 Å². The third-order valence-electron chi connectivity index (χ3n) is 3.76. The van der Waals surface area contributed by atoms with Crippen LogP contribution in [0.3, 0.4) is 0 Å². The first-order valence-electron chi connectivity index (χ1n) is 7.17. The van der Waals surface area contributed by atoms with Crippen molar-refractivity contribution in [3.63, 3.8) is 0 Å². The first-order chi connectivity index (χ1) is 8.08. The van der Waals surface area contributed by atoms with Crippen molar-refractivity contribution < 1.29 is 0 Å². The molecule has 0 unspecified atom stereocenters. The zero-order valence-electron chi connectivity index (χ0n) is 12.2. The number of rotatable bonds is 6. The highest BCUT2D eigenvalue weighted by Crippen LogP contribution is 2.32. The number of hydrogen-bond donors (Lipinski definition) is 0. The van der Waals surface area contributed by atoms with E-state index in [1.807, 2.05) is 0 Å². The maximum atomic E-state index is 2.41. The van der Waals surface area contributed by atoms with Crippen molar-refractivity contribution in [2.75, 3.05) is 0 Å². The minimum Gasteiger partial charge on any atom is -0.0648 e. The van der Waals surface area contributed by atoms with E-state index in [2.05, 4.69) is 58.9 Å². The second-order valence-corrected chi connectivity index (χ2v) is 5.72. The van der Waals surface area contributed by atoms with Crippen molar-refractivity contribution in [1.82, 2.24) is 0 Å². The van der Waals surface area contributed by atoms with Crippen molar-refractivity contribution >= 4 is 0 Å². The normalized spacial score (nSPS) is 14.9. The van der Waals surface area contributed by atoms with Gasteiger partial charge in [0.15, 0.2) is 0 Å². The molecule has 0 fully saturated rings. The summed E-state index contributed by atoms with van der Waals surface area (Å²) >= 11 is 0. The zero-order valence-corrected chi connectivity index (χ0v) is 12.2. The van der Waals surface area contributed by atoms with Crippen LogP contribution in [0.15, 0.2) is 24.3 Å². The number of aryl methyl sites for hydroxylation is 1. The Hall–Kier alpha value is -0.780. The number of hydrogen-bond acceptors (Lipinski definition) is 0. The van der Waals surface area contributed by atoms with Crippen molar-refractivity contribution in [2.45, 2.75) is 59.8 Å². The lowest BCUT2D eigenvalue weighted by atomic mass is 9.80. The first-order valence-corrected chi connectivity index (χ1v) is 7.17. The summed E-state index contributed by atoms with van der Waals surface area (Å²) in [5.41, 5.74) is 3.01. The van der Waals surface area contributed by atoms with E-state index in [0.717, 1.165) is 24.2 Å². The predicted molar refractivity (Wildman–Crippen MR) is 77.5 cm³/mol. The second kappa shape index (κ2) is 6.83. The maximum Gasteiger partial charge on any atom is -0.0139 e. The molecule has 0 aromatic heterocycles. The fourth-order valence-electron chi connectivity index (χ4n) is 2.92. The molecule has 0 spiro atoms. The van der Waals surface area contributed by atoms with Gasteiger partial charge in [-0.1, -0.05) is 58.9 Å². The first kappa shape index (κ1) is 14.3. The Kier molecular flexibility index (Phi) is 5.74. The van der Waals surface area contributed by atoms with Crippen LogP contribution in [0, 0.1) is 11.8 Å². The molecule has 0 aliphatic heterocycles. The van der Waals surface area contributed by atoms with Gasteiger partial charge in [0.25, 0.3) is 0 Å². The highest BCUT2D eigenvalue weighted by Gasteiger charge is 2.18. The molecule has 96 valence electrons. The zero-order chi connectivity index (χ0) is 12.8. The molecule has 0 heteroatoms. The molecule has 0 N–H and O–H groups in total. The summed E-state index contributed by atoms with van der Waals surface area (Å²) in [7, 11) is 0. The van der Waals surface area contributed by atoms with E-state index in [0.29, 0.717) is 0 Å². The summed E-state index contributed by atoms with van der Waals surface area (Å²) in [6.07, 6.45) is 3.72. The van der Waals surface area contributed by atoms with Crippen molar-refractivity contribution in [3.05, 3.63) is 35.4 Å². The largest absolute Gasteiger partial charge is 0.0648 e. The Morgan fingerprint density at radius 3 is 2.29 bits per heavy atom. The van der Waals surface area contributed by atoms with Crippen LogP contribution in [0.1, 0.15) is 64.5 Å². The Morgan fingerprint density at radius 1 is 1.06 bits per heavy atom. The van der Waals surface area contributed by atoms with Gasteiger partial charge < -0.3 is 0 Å². The predicted octanol–water partition coefficient (Wildman–Crippen LogP) is 5.42. The van der Waals surface area contributed by atoms with Crippen LogP contribution in [-0.2, 0) is 6.42 Å². The summed E-state index contributed by atoms with van der Waals surface area (Å²) < 4.78 is 0. The third kappa shape index (κ3) is 4.18. The molecule has 0 aliphatic carbocycles. The summed E-state index contributed by atoms with van der Waals surface area (Å²) in [5.74, 6) is 2.31. The molecule has 1 aromatic rings.